The van der Waals surface area contributed by atoms with E-state index in [2.05, 4.69) is 29.8 Å². The zero-order valence-corrected chi connectivity index (χ0v) is 22.0. The van der Waals surface area contributed by atoms with Crippen molar-refractivity contribution in [3.63, 3.8) is 0 Å². The van der Waals surface area contributed by atoms with Crippen molar-refractivity contribution < 1.29 is 42.1 Å². The molecule has 5 heterocycles. The molecule has 216 valence electrons. The number of rotatable bonds is 8. The van der Waals surface area contributed by atoms with Gasteiger partial charge >= 0.3 is 17.8 Å². The molecule has 3 aromatic heterocycles. The number of carboxylic acids is 1. The average Bonchev–Trinajstić information content (AvgIpc) is 3.46. The molecule has 0 bridgehead atoms. The number of fused-ring (bicyclic) bond motifs is 2. The number of aromatic nitrogens is 5. The maximum absolute atomic E-state index is 13.1. The van der Waals surface area contributed by atoms with Gasteiger partial charge in [-0.3, -0.25) is 14.5 Å². The van der Waals surface area contributed by atoms with Crippen molar-refractivity contribution >= 4 is 69.2 Å². The highest BCUT2D eigenvalue weighted by atomic mass is 32.2. The van der Waals surface area contributed by atoms with E-state index in [0.29, 0.717) is 22.8 Å². The first-order valence-electron chi connectivity index (χ1n) is 11.3. The van der Waals surface area contributed by atoms with Gasteiger partial charge in [-0.25, -0.2) is 9.36 Å². The third kappa shape index (κ3) is 5.39. The molecule has 2 aliphatic rings. The number of nitrogens with two attached hydrogens (primary N) is 3. The molecule has 3 aromatic rings. The van der Waals surface area contributed by atoms with Gasteiger partial charge in [-0.15, -0.1) is 11.8 Å². The van der Waals surface area contributed by atoms with Gasteiger partial charge in [0.15, 0.2) is 17.1 Å². The van der Waals surface area contributed by atoms with Gasteiger partial charge in [-0.1, -0.05) is 14.8 Å². The summed E-state index contributed by atoms with van der Waals surface area (Å²) in [6, 6.07) is 1.98. The molecular weight excluding hydrogens is 595 g/mol. The number of β-lactam (4-membered cyclic amide) rings is 1. The molecule has 2 amide bonds. The van der Waals surface area contributed by atoms with Crippen molar-refractivity contribution in [1.29, 1.82) is 0 Å². The summed E-state index contributed by atoms with van der Waals surface area (Å²) in [7, 11) is 0. The number of thioether (sulfide) groups is 1. The Labute approximate surface area is 234 Å². The maximum atomic E-state index is 13.1. The zero-order valence-electron chi connectivity index (χ0n) is 20.4. The second-order valence-electron chi connectivity index (χ2n) is 8.61. The topological polar surface area (TPSA) is 233 Å². The van der Waals surface area contributed by atoms with Crippen molar-refractivity contribution in [3.05, 3.63) is 35.4 Å². The van der Waals surface area contributed by atoms with Crippen LogP contribution in [0, 0.1) is 0 Å². The monoisotopic (exact) mass is 614 g/mol. The lowest BCUT2D eigenvalue weighted by atomic mass is 10.0. The van der Waals surface area contributed by atoms with Crippen LogP contribution in [0.2, 0.25) is 0 Å². The number of alkyl halides is 3. The van der Waals surface area contributed by atoms with Crippen LogP contribution in [0.15, 0.2) is 34.8 Å². The summed E-state index contributed by atoms with van der Waals surface area (Å²) >= 11 is 1.84. The molecule has 0 aliphatic carbocycles. The van der Waals surface area contributed by atoms with Crippen molar-refractivity contribution in [2.24, 2.45) is 5.16 Å². The van der Waals surface area contributed by atoms with Gasteiger partial charge in [0.1, 0.15) is 23.7 Å². The van der Waals surface area contributed by atoms with E-state index < -0.39 is 53.5 Å². The predicted molar refractivity (Wildman–Crippen MR) is 137 cm³/mol. The van der Waals surface area contributed by atoms with Crippen molar-refractivity contribution in [3.8, 4) is 0 Å². The highest BCUT2D eigenvalue weighted by Gasteiger charge is 2.54. The number of carbonyl (C=O) groups is 3. The largest absolute Gasteiger partial charge is 0.477 e. The lowest BCUT2D eigenvalue weighted by Gasteiger charge is -2.49. The predicted octanol–water partition coefficient (Wildman–Crippen LogP) is -1.06. The van der Waals surface area contributed by atoms with Gasteiger partial charge in [0.2, 0.25) is 18.1 Å². The number of carboxylic acid groups (broad SMARTS) is 1. The third-order valence-corrected chi connectivity index (χ3v) is 7.70. The van der Waals surface area contributed by atoms with E-state index in [4.69, 9.17) is 17.2 Å². The Balaban J connectivity index is 1.37. The Morgan fingerprint density at radius 3 is 2.71 bits per heavy atom. The number of oxime groups is 1. The first kappa shape index (κ1) is 27.9. The van der Waals surface area contributed by atoms with Crippen LogP contribution in [0.25, 0.3) is 5.65 Å². The molecule has 16 nitrogen and oxygen atoms in total. The molecule has 5 rings (SSSR count). The molecule has 0 saturated carbocycles. The summed E-state index contributed by atoms with van der Waals surface area (Å²) in [5, 5.41) is 18.8. The summed E-state index contributed by atoms with van der Waals surface area (Å²) in [6.07, 6.45) is -3.19. The van der Waals surface area contributed by atoms with E-state index in [-0.39, 0.29) is 34.8 Å². The van der Waals surface area contributed by atoms with Crippen molar-refractivity contribution in [1.82, 2.24) is 29.2 Å². The van der Waals surface area contributed by atoms with Crippen LogP contribution in [-0.4, -0.2) is 82.4 Å². The molecule has 0 aromatic carbocycles. The zero-order chi connectivity index (χ0) is 29.6. The number of aliphatic carboxylic acids is 1. The quantitative estimate of drug-likeness (QED) is 0.0884. The Bertz CT molecular complexity index is 1640. The minimum Gasteiger partial charge on any atom is -0.477 e. The van der Waals surface area contributed by atoms with Crippen molar-refractivity contribution in [2.45, 2.75) is 24.1 Å². The first-order valence-corrected chi connectivity index (χ1v) is 13.2. The summed E-state index contributed by atoms with van der Waals surface area (Å²) in [5.41, 5.74) is 17.1. The van der Waals surface area contributed by atoms with Gasteiger partial charge in [0.05, 0.1) is 0 Å². The first-order chi connectivity index (χ1) is 19.3. The Kier molecular flexibility index (Phi) is 7.07. The number of imidazole rings is 1. The number of hydrogen-bond acceptors (Lipinski definition) is 13. The van der Waals surface area contributed by atoms with E-state index in [1.54, 1.807) is 22.9 Å². The minimum atomic E-state index is -4.73. The molecule has 0 radical (unpaired) electrons. The van der Waals surface area contributed by atoms with E-state index in [0.717, 1.165) is 4.90 Å². The van der Waals surface area contributed by atoms with Gasteiger partial charge in [-0.05, 0) is 6.07 Å². The van der Waals surface area contributed by atoms with Crippen LogP contribution in [0.3, 0.4) is 0 Å². The van der Waals surface area contributed by atoms with E-state index >= 15 is 0 Å². The number of amides is 2. The third-order valence-electron chi connectivity index (χ3n) is 5.81. The van der Waals surface area contributed by atoms with Crippen LogP contribution in [0.1, 0.15) is 5.82 Å². The van der Waals surface area contributed by atoms with Gasteiger partial charge < -0.3 is 32.5 Å². The molecule has 1 fully saturated rings. The second-order valence-corrected chi connectivity index (χ2v) is 10.5. The van der Waals surface area contributed by atoms with E-state index in [9.17, 15) is 32.7 Å². The summed E-state index contributed by atoms with van der Waals surface area (Å²) in [6.45, 7) is -1.74. The molecule has 2 atom stereocenters. The molecule has 0 spiro atoms. The Morgan fingerprint density at radius 2 is 2.05 bits per heavy atom. The maximum Gasteiger partial charge on any atom is 0.425 e. The molecular formula is C20H19F3N11O5S2+. The fourth-order valence-corrected chi connectivity index (χ4v) is 5.92. The number of nitrogens with zero attached hydrogens (tertiary/aromatic N) is 7. The highest BCUT2D eigenvalue weighted by molar-refractivity contribution is 8.00. The molecule has 8 N–H and O–H groups in total. The van der Waals surface area contributed by atoms with Crippen LogP contribution >= 0.6 is 23.3 Å². The standard InChI is InChI=1S/C20H18F3N11O5S2/c21-20(22,23)6-39-30-11(14-28-19(26)41-31-14)15(35)27-12-16(36)33-13(18(37)38)7(5-40-17(12)33)3-32-4-9(25)34-10(32)2-1-8(24)29-34/h1-2,4,12,17H,3,5-6H2,(H7-,24,25,26,27,28,29,31,35,37,38)/p+1/b30-11-/t12-,17-/m1/s1. The number of hydrogen-bond donors (Lipinski definition) is 5. The van der Waals surface area contributed by atoms with Gasteiger partial charge in [-0.2, -0.15) is 22.5 Å². The van der Waals surface area contributed by atoms with Gasteiger partial charge in [0.25, 0.3) is 17.6 Å². The normalized spacial score (nSPS) is 19.2. The summed E-state index contributed by atoms with van der Waals surface area (Å²) in [4.78, 5) is 47.3. The fourth-order valence-electron chi connectivity index (χ4n) is 4.15. The number of anilines is 3. The van der Waals surface area contributed by atoms with Crippen LogP contribution < -0.4 is 27.1 Å². The van der Waals surface area contributed by atoms with Crippen molar-refractivity contribution in [2.75, 3.05) is 29.6 Å². The second kappa shape index (κ2) is 10.4. The number of nitrogens with one attached hydrogen (secondary N) is 1. The fraction of sp³-hybridized carbons (Fsp3) is 0.300. The highest BCUT2D eigenvalue weighted by Crippen LogP contribution is 2.40. The molecule has 1 saturated heterocycles. The molecule has 2 aliphatic heterocycles. The number of halogens is 3. The van der Waals surface area contributed by atoms with E-state index in [1.807, 2.05) is 0 Å². The number of nitrogen functional groups attached to an aromatic ring is 3. The lowest BCUT2D eigenvalue weighted by molar-refractivity contribution is -0.662. The van der Waals surface area contributed by atoms with Crippen LogP contribution in [0.4, 0.5) is 29.9 Å². The van der Waals surface area contributed by atoms with E-state index in [1.165, 1.54) is 16.3 Å². The summed E-state index contributed by atoms with van der Waals surface area (Å²) in [5.74, 6) is -3.01. The smallest absolute Gasteiger partial charge is 0.425 e. The molecule has 41 heavy (non-hydrogen) atoms. The minimum absolute atomic E-state index is 0.0543. The SMILES string of the molecule is Nc1ccc2n(n1)c(N)c[n+]2CC1=C(C(=O)O)N2C(=O)[C@@H](NC(=O)/C(=N\OCC(F)(F)F)c3nsc(N)n3)[C@H]2SC1. The van der Waals surface area contributed by atoms with Crippen LogP contribution in [0.5, 0.6) is 0 Å². The molecule has 21 heteroatoms. The molecule has 0 unspecified atom stereocenters. The number of carbonyl (C=O) groups excluding carboxylic acids is 2. The summed E-state index contributed by atoms with van der Waals surface area (Å²) < 4.78 is 44.4. The Hall–Kier alpha value is -4.66. The average molecular weight is 615 g/mol. The van der Waals surface area contributed by atoms with Gasteiger partial charge in [0, 0.05) is 28.9 Å². The van der Waals surface area contributed by atoms with Crippen LogP contribution in [-0.2, 0) is 25.8 Å². The lowest BCUT2D eigenvalue weighted by Crippen LogP contribution is -2.71. The Morgan fingerprint density at radius 1 is 1.29 bits per heavy atom.